The van der Waals surface area contributed by atoms with E-state index in [0.29, 0.717) is 18.3 Å². The maximum absolute atomic E-state index is 13.1. The highest BCUT2D eigenvalue weighted by molar-refractivity contribution is 5.84. The Balaban J connectivity index is 1.41. The molecule has 4 rings (SSSR count). The number of nitrogens with one attached hydrogen (secondary N) is 2. The molecule has 7 heteroatoms. The molecule has 1 amide bonds. The number of carbonyl (C=O) groups excluding carboxylic acids is 1. The highest BCUT2D eigenvalue weighted by atomic mass is 16.5. The van der Waals surface area contributed by atoms with E-state index in [9.17, 15) is 4.79 Å². The third kappa shape index (κ3) is 4.95. The summed E-state index contributed by atoms with van der Waals surface area (Å²) < 4.78 is 5.41. The van der Waals surface area contributed by atoms with Crippen molar-refractivity contribution < 1.29 is 9.53 Å². The molecule has 0 aromatic heterocycles. The molecule has 1 heterocycles. The smallest absolute Gasteiger partial charge is 0.225 e. The first-order valence-corrected chi connectivity index (χ1v) is 11.5. The largest absolute Gasteiger partial charge is 0.497 e. The molecule has 166 valence electrons. The van der Waals surface area contributed by atoms with Crippen LogP contribution in [-0.2, 0) is 4.79 Å². The van der Waals surface area contributed by atoms with Gasteiger partial charge < -0.3 is 20.4 Å². The molecule has 5 atom stereocenters. The van der Waals surface area contributed by atoms with Crippen LogP contribution in [0, 0.1) is 29.2 Å². The lowest BCUT2D eigenvalue weighted by atomic mass is 9.95. The van der Waals surface area contributed by atoms with Crippen molar-refractivity contribution in [2.75, 3.05) is 20.2 Å². The Morgan fingerprint density at radius 1 is 1.29 bits per heavy atom. The van der Waals surface area contributed by atoms with E-state index in [2.05, 4.69) is 16.8 Å². The Morgan fingerprint density at radius 2 is 2.03 bits per heavy atom. The fourth-order valence-electron chi connectivity index (χ4n) is 5.12. The third-order valence-electron chi connectivity index (χ3n) is 7.05. The van der Waals surface area contributed by atoms with Gasteiger partial charge in [0.1, 0.15) is 5.75 Å². The lowest BCUT2D eigenvalue weighted by Gasteiger charge is -2.27. The average Bonchev–Trinajstić information content (AvgIpc) is 3.24. The highest BCUT2D eigenvalue weighted by Crippen LogP contribution is 2.45. The van der Waals surface area contributed by atoms with E-state index in [1.807, 2.05) is 36.2 Å². The van der Waals surface area contributed by atoms with Gasteiger partial charge in [-0.2, -0.15) is 10.4 Å². The summed E-state index contributed by atoms with van der Waals surface area (Å²) in [5.74, 6) is 1.75. The first-order valence-electron chi connectivity index (χ1n) is 11.5. The van der Waals surface area contributed by atoms with Crippen LogP contribution in [0.25, 0.3) is 0 Å². The van der Waals surface area contributed by atoms with Crippen LogP contribution in [-0.4, -0.2) is 42.8 Å². The van der Waals surface area contributed by atoms with E-state index in [-0.39, 0.29) is 23.9 Å². The number of piperidine rings is 1. The van der Waals surface area contributed by atoms with Crippen molar-refractivity contribution in [2.45, 2.75) is 57.5 Å². The summed E-state index contributed by atoms with van der Waals surface area (Å²) >= 11 is 0. The van der Waals surface area contributed by atoms with Crippen molar-refractivity contribution in [1.82, 2.24) is 15.6 Å². The lowest BCUT2D eigenvalue weighted by Crippen LogP contribution is -2.38. The van der Waals surface area contributed by atoms with Crippen LogP contribution in [0.2, 0.25) is 0 Å². The molecule has 2 unspecified atom stereocenters. The maximum atomic E-state index is 13.1. The second-order valence-corrected chi connectivity index (χ2v) is 9.19. The first kappa shape index (κ1) is 21.5. The molecule has 2 N–H and O–H groups in total. The number of nitrogens with zero attached hydrogens (tertiary/aromatic N) is 3. The molecule has 7 nitrogen and oxygen atoms in total. The molecule has 2 saturated carbocycles. The minimum Gasteiger partial charge on any atom is -0.497 e. The van der Waals surface area contributed by atoms with E-state index >= 15 is 0 Å². The van der Waals surface area contributed by atoms with Gasteiger partial charge in [0, 0.05) is 42.6 Å². The molecule has 1 aromatic rings. The third-order valence-corrected chi connectivity index (χ3v) is 7.05. The summed E-state index contributed by atoms with van der Waals surface area (Å²) in [6.07, 6.45) is 8.52. The van der Waals surface area contributed by atoms with Crippen LogP contribution < -0.4 is 15.5 Å². The predicted molar refractivity (Wildman–Crippen MR) is 119 cm³/mol. The van der Waals surface area contributed by atoms with E-state index in [1.54, 1.807) is 7.11 Å². The van der Waals surface area contributed by atoms with Gasteiger partial charge in [0.2, 0.25) is 5.91 Å². The number of fused-ring (bicyclic) bond motifs is 1. The Bertz CT molecular complexity index is 844. The van der Waals surface area contributed by atoms with Gasteiger partial charge in [-0.05, 0) is 49.8 Å². The van der Waals surface area contributed by atoms with Crippen LogP contribution in [0.5, 0.6) is 5.75 Å². The van der Waals surface area contributed by atoms with Crippen molar-refractivity contribution in [3.63, 3.8) is 0 Å². The molecule has 2 aliphatic carbocycles. The molecule has 1 saturated heterocycles. The number of hydrogen-bond acceptors (Lipinski definition) is 6. The van der Waals surface area contributed by atoms with Crippen molar-refractivity contribution in [1.29, 1.82) is 5.26 Å². The van der Waals surface area contributed by atoms with E-state index in [1.165, 1.54) is 25.0 Å². The van der Waals surface area contributed by atoms with Gasteiger partial charge >= 0.3 is 0 Å². The molecule has 1 aromatic carbocycles. The Morgan fingerprint density at radius 3 is 2.71 bits per heavy atom. The van der Waals surface area contributed by atoms with Crippen molar-refractivity contribution >= 4 is 11.6 Å². The van der Waals surface area contributed by atoms with E-state index in [4.69, 9.17) is 15.1 Å². The van der Waals surface area contributed by atoms with Crippen molar-refractivity contribution in [3.05, 3.63) is 29.8 Å². The number of nitriles is 1. The SMILES string of the molecule is COc1cccc(C(CC(C)C(=O)N2C[C@@H]3[C@H](C2)[C@H]3NC#N)NN=C2CCCCC2)c1. The number of amides is 1. The van der Waals surface area contributed by atoms with Gasteiger partial charge in [-0.15, -0.1) is 0 Å². The summed E-state index contributed by atoms with van der Waals surface area (Å²) in [7, 11) is 1.67. The quantitative estimate of drug-likeness (QED) is 0.381. The number of rotatable bonds is 8. The molecule has 0 radical (unpaired) electrons. The van der Waals surface area contributed by atoms with Gasteiger partial charge in [-0.25, -0.2) is 0 Å². The maximum Gasteiger partial charge on any atom is 0.225 e. The fourth-order valence-corrected chi connectivity index (χ4v) is 5.12. The predicted octanol–water partition coefficient (Wildman–Crippen LogP) is 3.20. The van der Waals surface area contributed by atoms with Crippen molar-refractivity contribution in [2.24, 2.45) is 22.9 Å². The Kier molecular flexibility index (Phi) is 6.64. The molecule has 1 aliphatic heterocycles. The summed E-state index contributed by atoms with van der Waals surface area (Å²) in [6.45, 7) is 3.53. The number of methoxy groups -OCH3 is 1. The number of ether oxygens (including phenoxy) is 1. The van der Waals surface area contributed by atoms with Crippen LogP contribution >= 0.6 is 0 Å². The van der Waals surface area contributed by atoms with Gasteiger partial charge in [0.25, 0.3) is 0 Å². The number of likely N-dealkylation sites (tertiary alicyclic amines) is 1. The zero-order valence-corrected chi connectivity index (χ0v) is 18.5. The minimum atomic E-state index is -0.116. The van der Waals surface area contributed by atoms with Crippen LogP contribution in [0.15, 0.2) is 29.4 Å². The summed E-state index contributed by atoms with van der Waals surface area (Å²) in [5.41, 5.74) is 5.71. The highest BCUT2D eigenvalue weighted by Gasteiger charge is 2.57. The molecular formula is C24H33N5O2. The van der Waals surface area contributed by atoms with E-state index < -0.39 is 0 Å². The van der Waals surface area contributed by atoms with E-state index in [0.717, 1.165) is 37.2 Å². The number of hydrogen-bond donors (Lipinski definition) is 2. The van der Waals surface area contributed by atoms with Gasteiger partial charge in [0.05, 0.1) is 13.2 Å². The molecular weight excluding hydrogens is 390 g/mol. The zero-order valence-electron chi connectivity index (χ0n) is 18.5. The van der Waals surface area contributed by atoms with Crippen LogP contribution in [0.3, 0.4) is 0 Å². The number of carbonyl (C=O) groups is 1. The number of benzene rings is 1. The summed E-state index contributed by atoms with van der Waals surface area (Å²) in [4.78, 5) is 15.1. The topological polar surface area (TPSA) is 89.8 Å². The van der Waals surface area contributed by atoms with Crippen molar-refractivity contribution in [3.8, 4) is 11.9 Å². The minimum absolute atomic E-state index is 0.0476. The number of hydrazone groups is 1. The molecule has 0 spiro atoms. The van der Waals surface area contributed by atoms with Crippen LogP contribution in [0.1, 0.15) is 57.1 Å². The van der Waals surface area contributed by atoms with Crippen LogP contribution in [0.4, 0.5) is 0 Å². The van der Waals surface area contributed by atoms with Gasteiger partial charge in [0.15, 0.2) is 6.19 Å². The zero-order chi connectivity index (χ0) is 21.8. The average molecular weight is 424 g/mol. The fraction of sp³-hybridized carbons (Fsp3) is 0.625. The standard InChI is InChI=1S/C24H33N5O2/c1-16(24(30)29-13-20-21(14-29)23(20)26-15-25)11-22(17-7-6-10-19(12-17)31-2)28-27-18-8-4-3-5-9-18/h6-7,10,12,16,20-23,26,28H,3-5,8-9,11,13-14H2,1-2H3/t16?,20-,21+,22?,23+. The monoisotopic (exact) mass is 423 g/mol. The Labute approximate surface area is 184 Å². The molecule has 3 aliphatic rings. The molecule has 0 bridgehead atoms. The summed E-state index contributed by atoms with van der Waals surface area (Å²) in [6, 6.07) is 8.24. The molecule has 31 heavy (non-hydrogen) atoms. The second kappa shape index (κ2) is 9.59. The normalized spacial score (nSPS) is 26.3. The Hall–Kier alpha value is -2.75. The lowest BCUT2D eigenvalue weighted by molar-refractivity contribution is -0.134. The second-order valence-electron chi connectivity index (χ2n) is 9.19. The molecule has 3 fully saturated rings. The van der Waals surface area contributed by atoms with Gasteiger partial charge in [-0.3, -0.25) is 4.79 Å². The van der Waals surface area contributed by atoms with Gasteiger partial charge in [-0.1, -0.05) is 25.5 Å². The summed E-state index contributed by atoms with van der Waals surface area (Å²) in [5, 5.41) is 16.4. The first-order chi connectivity index (χ1) is 15.1.